The highest BCUT2D eigenvalue weighted by Crippen LogP contribution is 2.34. The Morgan fingerprint density at radius 2 is 1.15 bits per heavy atom. The van der Waals surface area contributed by atoms with E-state index in [-0.39, 0.29) is 11.6 Å². The Labute approximate surface area is 222 Å². The third-order valence-electron chi connectivity index (χ3n) is 6.80. The van der Waals surface area contributed by atoms with Crippen molar-refractivity contribution in [2.24, 2.45) is 0 Å². The summed E-state index contributed by atoms with van der Waals surface area (Å²) in [4.78, 5) is 14.2. The summed E-state index contributed by atoms with van der Waals surface area (Å²) >= 11 is 0. The second-order valence-corrected chi connectivity index (χ2v) is 9.25. The Hall–Kier alpha value is -5.23. The zero-order valence-electron chi connectivity index (χ0n) is 20.6. The van der Waals surface area contributed by atoms with Crippen molar-refractivity contribution in [3.8, 4) is 39.7 Å². The van der Waals surface area contributed by atoms with Gasteiger partial charge in [0.15, 0.2) is 5.82 Å². The maximum Gasteiger partial charge on any atom is 0.160 e. The van der Waals surface area contributed by atoms with Gasteiger partial charge in [-0.05, 0) is 66.7 Å². The molecule has 3 heterocycles. The predicted molar refractivity (Wildman–Crippen MR) is 150 cm³/mol. The molecule has 0 aliphatic rings. The van der Waals surface area contributed by atoms with E-state index >= 15 is 0 Å². The summed E-state index contributed by atoms with van der Waals surface area (Å²) in [6.07, 6.45) is 1.75. The summed E-state index contributed by atoms with van der Waals surface area (Å²) < 4.78 is 30.2. The molecule has 7 aromatic rings. The second-order valence-electron chi connectivity index (χ2n) is 9.25. The van der Waals surface area contributed by atoms with E-state index in [0.717, 1.165) is 44.9 Å². The van der Waals surface area contributed by atoms with E-state index < -0.39 is 0 Å². The van der Waals surface area contributed by atoms with Gasteiger partial charge in [-0.1, -0.05) is 48.5 Å². The third-order valence-corrected chi connectivity index (χ3v) is 6.80. The van der Waals surface area contributed by atoms with E-state index in [1.807, 2.05) is 83.4 Å². The quantitative estimate of drug-likeness (QED) is 0.239. The van der Waals surface area contributed by atoms with Gasteiger partial charge < -0.3 is 4.57 Å². The molecule has 0 fully saturated rings. The topological polar surface area (TPSA) is 43.6 Å². The first kappa shape index (κ1) is 22.9. The molecule has 0 saturated carbocycles. The number of fused-ring (bicyclic) bond motifs is 3. The van der Waals surface area contributed by atoms with Crippen molar-refractivity contribution in [3.63, 3.8) is 0 Å². The molecule has 186 valence electrons. The lowest BCUT2D eigenvalue weighted by atomic mass is 10.1. The van der Waals surface area contributed by atoms with Crippen LogP contribution in [0.1, 0.15) is 0 Å². The standard InChI is InChI=1S/C33H20F2N4/c34-23-11-15-31-26(18-23)27-19-24(35)12-16-32(27)39(31)25-13-9-21(10-14-25)29-20-30(28-8-4-5-17-36-28)38-33(37-29)22-6-2-1-3-7-22/h1-20H. The average Bonchev–Trinajstić information content (AvgIpc) is 3.30. The molecular formula is C33H20F2N4. The third kappa shape index (κ3) is 4.12. The van der Waals surface area contributed by atoms with Crippen LogP contribution in [0.15, 0.2) is 121 Å². The average molecular weight is 511 g/mol. The lowest BCUT2D eigenvalue weighted by Crippen LogP contribution is -1.97. The summed E-state index contributed by atoms with van der Waals surface area (Å²) in [5.74, 6) is -0.102. The first-order valence-electron chi connectivity index (χ1n) is 12.5. The molecule has 0 radical (unpaired) electrons. The van der Waals surface area contributed by atoms with Crippen molar-refractivity contribution in [1.29, 1.82) is 0 Å². The molecule has 0 amide bonds. The van der Waals surface area contributed by atoms with Gasteiger partial charge in [-0.15, -0.1) is 0 Å². The molecule has 0 bridgehead atoms. The van der Waals surface area contributed by atoms with Crippen LogP contribution in [-0.4, -0.2) is 19.5 Å². The van der Waals surface area contributed by atoms with Gasteiger partial charge in [0.25, 0.3) is 0 Å². The number of hydrogen-bond acceptors (Lipinski definition) is 3. The van der Waals surface area contributed by atoms with Crippen LogP contribution in [-0.2, 0) is 0 Å². The molecule has 3 aromatic heterocycles. The first-order chi connectivity index (χ1) is 19.1. The minimum atomic E-state index is -0.358. The van der Waals surface area contributed by atoms with Gasteiger partial charge in [-0.2, -0.15) is 0 Å². The van der Waals surface area contributed by atoms with Crippen molar-refractivity contribution >= 4 is 21.8 Å². The molecule has 4 nitrogen and oxygen atoms in total. The number of benzene rings is 4. The highest BCUT2D eigenvalue weighted by molar-refractivity contribution is 6.09. The lowest BCUT2D eigenvalue weighted by Gasteiger charge is -2.11. The normalized spacial score (nSPS) is 11.3. The highest BCUT2D eigenvalue weighted by Gasteiger charge is 2.15. The number of nitrogens with zero attached hydrogens (tertiary/aromatic N) is 4. The van der Waals surface area contributed by atoms with Crippen LogP contribution in [0.25, 0.3) is 61.5 Å². The summed E-state index contributed by atoms with van der Waals surface area (Å²) in [6.45, 7) is 0. The largest absolute Gasteiger partial charge is 0.309 e. The molecule has 6 heteroatoms. The van der Waals surface area contributed by atoms with Gasteiger partial charge in [-0.25, -0.2) is 18.7 Å². The first-order valence-corrected chi connectivity index (χ1v) is 12.5. The molecule has 0 spiro atoms. The summed E-state index contributed by atoms with van der Waals surface area (Å²) in [5, 5.41) is 1.33. The predicted octanol–water partition coefficient (Wildman–Crippen LogP) is 8.25. The molecule has 0 atom stereocenters. The Morgan fingerprint density at radius 1 is 0.513 bits per heavy atom. The Morgan fingerprint density at radius 3 is 1.79 bits per heavy atom. The zero-order chi connectivity index (χ0) is 26.3. The maximum absolute atomic E-state index is 14.1. The van der Waals surface area contributed by atoms with Crippen LogP contribution >= 0.6 is 0 Å². The Bertz CT molecular complexity index is 1850. The highest BCUT2D eigenvalue weighted by atomic mass is 19.1. The van der Waals surface area contributed by atoms with Gasteiger partial charge in [0.1, 0.15) is 11.6 Å². The number of halogens is 2. The number of rotatable bonds is 4. The van der Waals surface area contributed by atoms with Gasteiger partial charge in [0.2, 0.25) is 0 Å². The van der Waals surface area contributed by atoms with E-state index in [9.17, 15) is 8.78 Å². The molecule has 0 unspecified atom stereocenters. The van der Waals surface area contributed by atoms with Crippen LogP contribution in [0.3, 0.4) is 0 Å². The number of pyridine rings is 1. The Kier molecular flexibility index (Phi) is 5.44. The van der Waals surface area contributed by atoms with Gasteiger partial charge in [-0.3, -0.25) is 4.98 Å². The zero-order valence-corrected chi connectivity index (χ0v) is 20.6. The fourth-order valence-electron chi connectivity index (χ4n) is 4.98. The fourth-order valence-corrected chi connectivity index (χ4v) is 4.98. The van der Waals surface area contributed by atoms with Crippen LogP contribution in [0.2, 0.25) is 0 Å². The van der Waals surface area contributed by atoms with E-state index in [0.29, 0.717) is 16.6 Å². The van der Waals surface area contributed by atoms with E-state index in [1.165, 1.54) is 24.3 Å². The van der Waals surface area contributed by atoms with Crippen molar-refractivity contribution in [1.82, 2.24) is 19.5 Å². The number of aromatic nitrogens is 4. The second kappa shape index (κ2) is 9.26. The molecule has 7 rings (SSSR count). The minimum absolute atomic E-state index is 0.358. The molecule has 39 heavy (non-hydrogen) atoms. The van der Waals surface area contributed by atoms with Crippen LogP contribution in [0.5, 0.6) is 0 Å². The fraction of sp³-hybridized carbons (Fsp3) is 0. The van der Waals surface area contributed by atoms with Crippen molar-refractivity contribution in [2.45, 2.75) is 0 Å². The summed E-state index contributed by atoms with van der Waals surface area (Å²) in [6, 6.07) is 34.7. The van der Waals surface area contributed by atoms with E-state index in [1.54, 1.807) is 18.3 Å². The molecular weight excluding hydrogens is 490 g/mol. The SMILES string of the molecule is Fc1ccc2c(c1)c1cc(F)ccc1n2-c1ccc(-c2cc(-c3ccccn3)nc(-c3ccccc3)n2)cc1. The van der Waals surface area contributed by atoms with Gasteiger partial charge >= 0.3 is 0 Å². The molecule has 0 aliphatic heterocycles. The molecule has 4 aromatic carbocycles. The van der Waals surface area contributed by atoms with E-state index in [2.05, 4.69) is 4.98 Å². The summed E-state index contributed by atoms with van der Waals surface area (Å²) in [7, 11) is 0. The minimum Gasteiger partial charge on any atom is -0.309 e. The molecule has 0 N–H and O–H groups in total. The van der Waals surface area contributed by atoms with Crippen LogP contribution in [0, 0.1) is 11.6 Å². The Balaban J connectivity index is 1.37. The lowest BCUT2D eigenvalue weighted by molar-refractivity contribution is 0.628. The maximum atomic E-state index is 14.1. The van der Waals surface area contributed by atoms with E-state index in [4.69, 9.17) is 9.97 Å². The summed E-state index contributed by atoms with van der Waals surface area (Å²) in [5.41, 5.74) is 6.56. The van der Waals surface area contributed by atoms with Crippen molar-refractivity contribution in [3.05, 3.63) is 133 Å². The molecule has 0 aliphatic carbocycles. The van der Waals surface area contributed by atoms with Gasteiger partial charge in [0.05, 0.1) is 28.1 Å². The van der Waals surface area contributed by atoms with Crippen LogP contribution in [0.4, 0.5) is 8.78 Å². The van der Waals surface area contributed by atoms with Crippen molar-refractivity contribution < 1.29 is 8.78 Å². The molecule has 0 saturated heterocycles. The smallest absolute Gasteiger partial charge is 0.160 e. The van der Waals surface area contributed by atoms with Crippen molar-refractivity contribution in [2.75, 3.05) is 0 Å². The van der Waals surface area contributed by atoms with Crippen LogP contribution < -0.4 is 0 Å². The number of hydrogen-bond donors (Lipinski definition) is 0. The monoisotopic (exact) mass is 510 g/mol. The van der Waals surface area contributed by atoms with Gasteiger partial charge in [0, 0.05) is 33.8 Å².